The molecule has 3 aromatic rings. The fourth-order valence-electron chi connectivity index (χ4n) is 2.09. The second-order valence-corrected chi connectivity index (χ2v) is 4.63. The highest BCUT2D eigenvalue weighted by atomic mass is 16.6. The van der Waals surface area contributed by atoms with E-state index in [9.17, 15) is 14.9 Å². The highest BCUT2D eigenvalue weighted by molar-refractivity contribution is 5.94. The standard InChI is InChI=1S/C16H11NO6/c1-21-13-7-6-11(17(19)20)9-14(13)23-16(18)15-8-10-4-2-3-5-12(10)22-15/h2-9H,1H3. The minimum Gasteiger partial charge on any atom is -0.493 e. The molecule has 0 atom stereocenters. The average molecular weight is 313 g/mol. The molecule has 1 aromatic heterocycles. The molecule has 0 spiro atoms. The van der Waals surface area contributed by atoms with Crippen molar-refractivity contribution in [1.82, 2.24) is 0 Å². The van der Waals surface area contributed by atoms with Crippen LogP contribution in [-0.2, 0) is 0 Å². The van der Waals surface area contributed by atoms with Crippen molar-refractivity contribution in [2.45, 2.75) is 0 Å². The van der Waals surface area contributed by atoms with Gasteiger partial charge in [-0.05, 0) is 18.2 Å². The molecule has 0 aliphatic rings. The number of carbonyl (C=O) groups is 1. The van der Waals surface area contributed by atoms with Crippen LogP contribution in [0, 0.1) is 10.1 Å². The van der Waals surface area contributed by atoms with Crippen molar-refractivity contribution in [2.24, 2.45) is 0 Å². The summed E-state index contributed by atoms with van der Waals surface area (Å²) in [6, 6.07) is 12.4. The molecule has 2 aromatic carbocycles. The molecule has 0 unspecified atom stereocenters. The average Bonchev–Trinajstić information content (AvgIpc) is 2.99. The summed E-state index contributed by atoms with van der Waals surface area (Å²) in [5, 5.41) is 11.6. The number of esters is 1. The Morgan fingerprint density at radius 2 is 1.91 bits per heavy atom. The summed E-state index contributed by atoms with van der Waals surface area (Å²) >= 11 is 0. The predicted molar refractivity (Wildman–Crippen MR) is 80.8 cm³/mol. The highest BCUT2D eigenvalue weighted by Crippen LogP contribution is 2.32. The summed E-state index contributed by atoms with van der Waals surface area (Å²) in [6.07, 6.45) is 0. The summed E-state index contributed by atoms with van der Waals surface area (Å²) in [5.41, 5.74) is 0.337. The van der Waals surface area contributed by atoms with Gasteiger partial charge in [-0.15, -0.1) is 0 Å². The molecule has 1 heterocycles. The number of para-hydroxylation sites is 1. The number of benzene rings is 2. The topological polar surface area (TPSA) is 91.8 Å². The largest absolute Gasteiger partial charge is 0.493 e. The van der Waals surface area contributed by atoms with E-state index in [2.05, 4.69) is 0 Å². The third kappa shape index (κ3) is 2.84. The molecule has 0 amide bonds. The van der Waals surface area contributed by atoms with E-state index in [1.165, 1.54) is 19.2 Å². The van der Waals surface area contributed by atoms with E-state index in [0.717, 1.165) is 11.5 Å². The van der Waals surface area contributed by atoms with Crippen molar-refractivity contribution >= 4 is 22.6 Å². The van der Waals surface area contributed by atoms with Gasteiger partial charge in [-0.25, -0.2) is 4.79 Å². The molecule has 0 saturated carbocycles. The maximum Gasteiger partial charge on any atom is 0.379 e. The molecule has 0 aliphatic carbocycles. The number of carbonyl (C=O) groups excluding carboxylic acids is 1. The van der Waals surface area contributed by atoms with Crippen LogP contribution < -0.4 is 9.47 Å². The predicted octanol–water partition coefficient (Wildman–Crippen LogP) is 3.57. The first-order valence-electron chi connectivity index (χ1n) is 6.61. The number of nitro benzene ring substituents is 1. The van der Waals surface area contributed by atoms with Crippen molar-refractivity contribution in [2.75, 3.05) is 7.11 Å². The van der Waals surface area contributed by atoms with Gasteiger partial charge >= 0.3 is 5.97 Å². The molecule has 0 bridgehead atoms. The molecular formula is C16H11NO6. The fraction of sp³-hybridized carbons (Fsp3) is 0.0625. The molecule has 7 nitrogen and oxygen atoms in total. The van der Waals surface area contributed by atoms with Crippen LogP contribution >= 0.6 is 0 Å². The normalized spacial score (nSPS) is 10.5. The number of furan rings is 1. The van der Waals surface area contributed by atoms with E-state index in [4.69, 9.17) is 13.9 Å². The lowest BCUT2D eigenvalue weighted by Gasteiger charge is -2.07. The van der Waals surface area contributed by atoms with E-state index in [-0.39, 0.29) is 22.9 Å². The Kier molecular flexibility index (Phi) is 3.68. The lowest BCUT2D eigenvalue weighted by atomic mass is 10.2. The first-order chi connectivity index (χ1) is 11.1. The number of non-ortho nitro benzene ring substituents is 1. The highest BCUT2D eigenvalue weighted by Gasteiger charge is 2.19. The van der Waals surface area contributed by atoms with Crippen molar-refractivity contribution in [3.05, 3.63) is 64.4 Å². The summed E-state index contributed by atoms with van der Waals surface area (Å²) in [4.78, 5) is 22.4. The zero-order chi connectivity index (χ0) is 16.4. The second kappa shape index (κ2) is 5.80. The van der Waals surface area contributed by atoms with Crippen LogP contribution in [0.3, 0.4) is 0 Å². The van der Waals surface area contributed by atoms with Gasteiger partial charge in [-0.3, -0.25) is 10.1 Å². The SMILES string of the molecule is COc1ccc([N+](=O)[O-])cc1OC(=O)c1cc2ccccc2o1. The van der Waals surface area contributed by atoms with Crippen LogP contribution in [0.25, 0.3) is 11.0 Å². The molecule has 3 rings (SSSR count). The van der Waals surface area contributed by atoms with Crippen LogP contribution in [0.5, 0.6) is 11.5 Å². The van der Waals surface area contributed by atoms with Gasteiger partial charge in [0.2, 0.25) is 5.76 Å². The maximum atomic E-state index is 12.2. The minimum atomic E-state index is -0.764. The second-order valence-electron chi connectivity index (χ2n) is 4.63. The Labute approximate surface area is 130 Å². The number of nitrogens with zero attached hydrogens (tertiary/aromatic N) is 1. The van der Waals surface area contributed by atoms with E-state index >= 15 is 0 Å². The van der Waals surface area contributed by atoms with E-state index in [1.807, 2.05) is 6.07 Å². The number of rotatable bonds is 4. The molecule has 116 valence electrons. The number of nitro groups is 1. The smallest absolute Gasteiger partial charge is 0.379 e. The monoisotopic (exact) mass is 313 g/mol. The van der Waals surface area contributed by atoms with Crippen LogP contribution in [0.15, 0.2) is 52.9 Å². The minimum absolute atomic E-state index is 0.000223. The van der Waals surface area contributed by atoms with Gasteiger partial charge in [-0.1, -0.05) is 18.2 Å². The molecular weight excluding hydrogens is 302 g/mol. The molecule has 0 fully saturated rings. The quantitative estimate of drug-likeness (QED) is 0.316. The fourth-order valence-corrected chi connectivity index (χ4v) is 2.09. The Hall–Kier alpha value is -3.35. The Morgan fingerprint density at radius 1 is 1.13 bits per heavy atom. The van der Waals surface area contributed by atoms with Gasteiger partial charge in [0.05, 0.1) is 18.1 Å². The summed E-state index contributed by atoms with van der Waals surface area (Å²) in [6.45, 7) is 0. The van der Waals surface area contributed by atoms with E-state index in [0.29, 0.717) is 5.58 Å². The molecule has 23 heavy (non-hydrogen) atoms. The van der Waals surface area contributed by atoms with Gasteiger partial charge < -0.3 is 13.9 Å². The Balaban J connectivity index is 1.92. The number of fused-ring (bicyclic) bond motifs is 1. The molecule has 0 aliphatic heterocycles. The first kappa shape index (κ1) is 14.6. The number of hydrogen-bond donors (Lipinski definition) is 0. The summed E-state index contributed by atoms with van der Waals surface area (Å²) in [7, 11) is 1.37. The van der Waals surface area contributed by atoms with Crippen molar-refractivity contribution in [3.8, 4) is 11.5 Å². The van der Waals surface area contributed by atoms with E-state index < -0.39 is 10.9 Å². The summed E-state index contributed by atoms with van der Waals surface area (Å²) < 4.78 is 15.6. The molecule has 7 heteroatoms. The lowest BCUT2D eigenvalue weighted by Crippen LogP contribution is -2.08. The zero-order valence-electron chi connectivity index (χ0n) is 12.0. The van der Waals surface area contributed by atoms with Crippen LogP contribution in [-0.4, -0.2) is 18.0 Å². The third-order valence-corrected chi connectivity index (χ3v) is 3.19. The number of methoxy groups -OCH3 is 1. The lowest BCUT2D eigenvalue weighted by molar-refractivity contribution is -0.384. The molecule has 0 N–H and O–H groups in total. The maximum absolute atomic E-state index is 12.2. The third-order valence-electron chi connectivity index (χ3n) is 3.19. The van der Waals surface area contributed by atoms with Gasteiger partial charge in [0.25, 0.3) is 5.69 Å². The summed E-state index contributed by atoms with van der Waals surface area (Å²) in [5.74, 6) is -0.605. The van der Waals surface area contributed by atoms with Crippen molar-refractivity contribution in [3.63, 3.8) is 0 Å². The van der Waals surface area contributed by atoms with E-state index in [1.54, 1.807) is 24.3 Å². The Bertz CT molecular complexity index is 865. The van der Waals surface area contributed by atoms with Crippen LogP contribution in [0.4, 0.5) is 5.69 Å². The van der Waals surface area contributed by atoms with Crippen molar-refractivity contribution < 1.29 is 23.6 Å². The Morgan fingerprint density at radius 3 is 2.61 bits per heavy atom. The zero-order valence-corrected chi connectivity index (χ0v) is 12.0. The van der Waals surface area contributed by atoms with Gasteiger partial charge in [0.15, 0.2) is 11.5 Å². The molecule has 0 saturated heterocycles. The number of hydrogen-bond acceptors (Lipinski definition) is 6. The van der Waals surface area contributed by atoms with Crippen molar-refractivity contribution in [1.29, 1.82) is 0 Å². The van der Waals surface area contributed by atoms with Gasteiger partial charge in [0, 0.05) is 11.5 Å². The first-order valence-corrected chi connectivity index (χ1v) is 6.61. The molecule has 0 radical (unpaired) electrons. The van der Waals surface area contributed by atoms with Crippen LogP contribution in [0.2, 0.25) is 0 Å². The van der Waals surface area contributed by atoms with Gasteiger partial charge in [0.1, 0.15) is 5.58 Å². The number of ether oxygens (including phenoxy) is 2. The van der Waals surface area contributed by atoms with Gasteiger partial charge in [-0.2, -0.15) is 0 Å². The van der Waals surface area contributed by atoms with Crippen LogP contribution in [0.1, 0.15) is 10.6 Å².